The zero-order chi connectivity index (χ0) is 7.78. The van der Waals surface area contributed by atoms with E-state index in [9.17, 15) is 13.2 Å². The van der Waals surface area contributed by atoms with Crippen LogP contribution in [0.5, 0.6) is 0 Å². The Morgan fingerprint density at radius 3 is 2.50 bits per heavy atom. The highest BCUT2D eigenvalue weighted by atomic mass is 32.2. The molecule has 0 bridgehead atoms. The van der Waals surface area contributed by atoms with Crippen molar-refractivity contribution in [2.75, 3.05) is 0 Å². The standard InChI is InChI=1S/C3H5N3O3S/c4-10(8,9)3-2(7)1-5-6-3/h1,3,6H,(H2,4,8,9). The monoisotopic (exact) mass is 163 g/mol. The number of carbonyl (C=O) groups is 1. The van der Waals surface area contributed by atoms with Gasteiger partial charge in [0.25, 0.3) is 0 Å². The predicted molar refractivity (Wildman–Crippen MR) is 33.5 cm³/mol. The average Bonchev–Trinajstić information content (AvgIpc) is 2.11. The van der Waals surface area contributed by atoms with Crippen LogP contribution < -0.4 is 10.6 Å². The predicted octanol–water partition coefficient (Wildman–Crippen LogP) is -2.24. The summed E-state index contributed by atoms with van der Waals surface area (Å²) >= 11 is 0. The number of hydrazone groups is 1. The van der Waals surface area contributed by atoms with Crippen LogP contribution in [0, 0.1) is 0 Å². The van der Waals surface area contributed by atoms with Gasteiger partial charge in [0.2, 0.25) is 21.2 Å². The molecule has 0 radical (unpaired) electrons. The third kappa shape index (κ3) is 1.14. The smallest absolute Gasteiger partial charge is 0.239 e. The van der Waals surface area contributed by atoms with Crippen LogP contribution in [0.25, 0.3) is 0 Å². The largest absolute Gasteiger partial charge is 0.289 e. The van der Waals surface area contributed by atoms with E-state index >= 15 is 0 Å². The van der Waals surface area contributed by atoms with E-state index < -0.39 is 21.2 Å². The normalized spacial score (nSPS) is 24.9. The quantitative estimate of drug-likeness (QED) is 0.456. The molecular weight excluding hydrogens is 158 g/mol. The fraction of sp³-hybridized carbons (Fsp3) is 0.333. The molecule has 0 amide bonds. The summed E-state index contributed by atoms with van der Waals surface area (Å²) in [6.45, 7) is 0. The minimum Gasteiger partial charge on any atom is -0.289 e. The molecule has 1 heterocycles. The molecule has 0 spiro atoms. The van der Waals surface area contributed by atoms with Crippen LogP contribution in [-0.4, -0.2) is 25.8 Å². The highest BCUT2D eigenvalue weighted by molar-refractivity contribution is 7.90. The maximum absolute atomic E-state index is 10.5. The topological polar surface area (TPSA) is 102 Å². The Labute approximate surface area is 57.1 Å². The fourth-order valence-corrected chi connectivity index (χ4v) is 1.13. The summed E-state index contributed by atoms with van der Waals surface area (Å²) in [7, 11) is -3.84. The molecule has 0 aromatic rings. The first-order valence-corrected chi connectivity index (χ1v) is 3.97. The molecule has 0 saturated heterocycles. The maximum atomic E-state index is 10.5. The summed E-state index contributed by atoms with van der Waals surface area (Å²) in [5.74, 6) is -0.637. The van der Waals surface area contributed by atoms with Gasteiger partial charge in [0.05, 0.1) is 6.21 Å². The van der Waals surface area contributed by atoms with Gasteiger partial charge in [-0.05, 0) is 0 Å². The van der Waals surface area contributed by atoms with E-state index in [0.29, 0.717) is 0 Å². The molecule has 1 rings (SSSR count). The Morgan fingerprint density at radius 1 is 1.70 bits per heavy atom. The molecular formula is C3H5N3O3S. The lowest BCUT2D eigenvalue weighted by molar-refractivity contribution is -0.112. The van der Waals surface area contributed by atoms with Crippen molar-refractivity contribution in [2.45, 2.75) is 5.37 Å². The van der Waals surface area contributed by atoms with Crippen LogP contribution in [0.3, 0.4) is 0 Å². The number of hydrogen-bond donors (Lipinski definition) is 2. The van der Waals surface area contributed by atoms with Crippen LogP contribution in [0.1, 0.15) is 0 Å². The Morgan fingerprint density at radius 2 is 2.30 bits per heavy atom. The van der Waals surface area contributed by atoms with Crippen LogP contribution >= 0.6 is 0 Å². The summed E-state index contributed by atoms with van der Waals surface area (Å²) in [5.41, 5.74) is 2.05. The van der Waals surface area contributed by atoms with Gasteiger partial charge in [-0.15, -0.1) is 0 Å². The zero-order valence-corrected chi connectivity index (χ0v) is 5.63. The Bertz CT molecular complexity index is 279. The third-order valence-electron chi connectivity index (χ3n) is 0.971. The highest BCUT2D eigenvalue weighted by Crippen LogP contribution is 1.96. The number of rotatable bonds is 1. The minimum absolute atomic E-state index is 0.637. The molecule has 0 fully saturated rings. The number of nitrogens with zero attached hydrogens (tertiary/aromatic N) is 1. The lowest BCUT2D eigenvalue weighted by atomic mass is 10.5. The second-order valence-electron chi connectivity index (χ2n) is 1.76. The number of hydrogen-bond acceptors (Lipinski definition) is 5. The number of nitrogens with one attached hydrogen (secondary N) is 1. The first kappa shape index (κ1) is 7.16. The molecule has 0 aromatic carbocycles. The molecule has 6 nitrogen and oxygen atoms in total. The lowest BCUT2D eigenvalue weighted by Crippen LogP contribution is -2.40. The Kier molecular flexibility index (Phi) is 1.45. The fourth-order valence-electron chi connectivity index (χ4n) is 0.535. The maximum Gasteiger partial charge on any atom is 0.239 e. The second kappa shape index (κ2) is 2.03. The van der Waals surface area contributed by atoms with Crippen molar-refractivity contribution in [2.24, 2.45) is 10.2 Å². The summed E-state index contributed by atoms with van der Waals surface area (Å²) < 4.78 is 20.9. The average molecular weight is 163 g/mol. The number of carbonyl (C=O) groups excluding carboxylic acids is 1. The summed E-state index contributed by atoms with van der Waals surface area (Å²) in [6, 6.07) is 0. The van der Waals surface area contributed by atoms with Crippen LogP contribution in [0.15, 0.2) is 5.10 Å². The van der Waals surface area contributed by atoms with Crippen molar-refractivity contribution in [1.82, 2.24) is 5.43 Å². The number of Topliss-reactive ketones (excluding diaryl/α,β-unsaturated/α-hetero) is 1. The van der Waals surface area contributed by atoms with E-state index in [1.165, 1.54) is 0 Å². The second-order valence-corrected chi connectivity index (χ2v) is 3.41. The minimum atomic E-state index is -3.84. The number of nitrogens with two attached hydrogens (primary N) is 1. The Hall–Kier alpha value is -0.950. The van der Waals surface area contributed by atoms with Gasteiger partial charge >= 0.3 is 0 Å². The number of sulfonamides is 1. The number of primary sulfonamides is 1. The van der Waals surface area contributed by atoms with Gasteiger partial charge in [0, 0.05) is 0 Å². The number of ketones is 1. The van der Waals surface area contributed by atoms with Gasteiger partial charge in [0.1, 0.15) is 0 Å². The van der Waals surface area contributed by atoms with E-state index in [2.05, 4.69) is 15.7 Å². The summed E-state index contributed by atoms with van der Waals surface area (Å²) in [6.07, 6.45) is 0.884. The van der Waals surface area contributed by atoms with Crippen molar-refractivity contribution in [3.63, 3.8) is 0 Å². The molecule has 0 aromatic heterocycles. The molecule has 1 unspecified atom stereocenters. The van der Waals surface area contributed by atoms with Gasteiger partial charge in [-0.2, -0.15) is 5.10 Å². The van der Waals surface area contributed by atoms with Crippen molar-refractivity contribution < 1.29 is 13.2 Å². The van der Waals surface area contributed by atoms with E-state index in [0.717, 1.165) is 6.21 Å². The highest BCUT2D eigenvalue weighted by Gasteiger charge is 2.30. The summed E-state index contributed by atoms with van der Waals surface area (Å²) in [4.78, 5) is 10.5. The molecule has 3 N–H and O–H groups in total. The molecule has 0 aliphatic carbocycles. The molecule has 10 heavy (non-hydrogen) atoms. The van der Waals surface area contributed by atoms with Crippen LogP contribution in [0.4, 0.5) is 0 Å². The first-order valence-electron chi connectivity index (χ1n) is 2.36. The van der Waals surface area contributed by atoms with Crippen LogP contribution in [0.2, 0.25) is 0 Å². The van der Waals surface area contributed by atoms with Crippen LogP contribution in [-0.2, 0) is 14.8 Å². The van der Waals surface area contributed by atoms with E-state index in [1.54, 1.807) is 0 Å². The van der Waals surface area contributed by atoms with Gasteiger partial charge in [-0.25, -0.2) is 13.6 Å². The van der Waals surface area contributed by atoms with Gasteiger partial charge < -0.3 is 0 Å². The SMILES string of the molecule is NS(=O)(=O)C1NN=CC1=O. The Balaban J connectivity index is 2.90. The molecule has 1 aliphatic rings. The van der Waals surface area contributed by atoms with E-state index in [-0.39, 0.29) is 0 Å². The van der Waals surface area contributed by atoms with E-state index in [4.69, 9.17) is 0 Å². The van der Waals surface area contributed by atoms with Gasteiger partial charge in [-0.1, -0.05) is 0 Å². The first-order chi connectivity index (χ1) is 4.52. The lowest BCUT2D eigenvalue weighted by Gasteiger charge is -2.02. The third-order valence-corrected chi connectivity index (χ3v) is 1.97. The molecule has 7 heteroatoms. The van der Waals surface area contributed by atoms with E-state index in [1.807, 2.05) is 0 Å². The van der Waals surface area contributed by atoms with Crippen molar-refractivity contribution in [1.29, 1.82) is 0 Å². The summed E-state index contributed by atoms with van der Waals surface area (Å²) in [5, 5.41) is 6.49. The van der Waals surface area contributed by atoms with Crippen molar-refractivity contribution in [3.8, 4) is 0 Å². The van der Waals surface area contributed by atoms with Gasteiger partial charge in [0.15, 0.2) is 0 Å². The van der Waals surface area contributed by atoms with Gasteiger partial charge in [-0.3, -0.25) is 10.2 Å². The molecule has 56 valence electrons. The van der Waals surface area contributed by atoms with Crippen molar-refractivity contribution >= 4 is 22.0 Å². The molecule has 1 aliphatic heterocycles. The molecule has 1 atom stereocenters. The zero-order valence-electron chi connectivity index (χ0n) is 4.81. The molecule has 0 saturated carbocycles. The van der Waals surface area contributed by atoms with Crippen molar-refractivity contribution in [3.05, 3.63) is 0 Å².